The Bertz CT molecular complexity index is 922. The van der Waals surface area contributed by atoms with Gasteiger partial charge in [-0.2, -0.15) is 0 Å². The Balaban J connectivity index is 2.01. The topological polar surface area (TPSA) is 77.2 Å². The van der Waals surface area contributed by atoms with Gasteiger partial charge in [0.15, 0.2) is 0 Å². The highest BCUT2D eigenvalue weighted by molar-refractivity contribution is 6.45. The minimum absolute atomic E-state index is 0.237. The summed E-state index contributed by atoms with van der Waals surface area (Å²) in [6.07, 6.45) is 0. The number of aromatic amines is 1. The Hall–Kier alpha value is -2.86. The van der Waals surface area contributed by atoms with Crippen LogP contribution in [0.25, 0.3) is 11.1 Å². The number of fused-ring (bicyclic) bond motifs is 1. The molecule has 2 amide bonds. The fourth-order valence-corrected chi connectivity index (χ4v) is 3.66. The number of nitrogens with zero attached hydrogens (tertiary/aromatic N) is 1. The second-order valence-corrected chi connectivity index (χ2v) is 7.04. The van der Waals surface area contributed by atoms with E-state index in [1.54, 1.807) is 0 Å². The molecule has 28 heavy (non-hydrogen) atoms. The van der Waals surface area contributed by atoms with Crippen molar-refractivity contribution in [1.82, 2.24) is 15.2 Å². The average molecular weight is 380 g/mol. The van der Waals surface area contributed by atoms with Crippen LogP contribution in [-0.4, -0.2) is 47.9 Å². The summed E-state index contributed by atoms with van der Waals surface area (Å²) in [6, 6.07) is 9.45. The van der Waals surface area contributed by atoms with Crippen LogP contribution in [0.3, 0.4) is 0 Å². The van der Waals surface area contributed by atoms with Gasteiger partial charge in [0, 0.05) is 30.0 Å². The Morgan fingerprint density at radius 3 is 2.50 bits per heavy atom. The van der Waals surface area contributed by atoms with Crippen LogP contribution in [0, 0.1) is 13.8 Å². The molecule has 0 atom stereocenters. The van der Waals surface area contributed by atoms with Crippen molar-refractivity contribution in [2.45, 2.75) is 27.7 Å². The van der Waals surface area contributed by atoms with Crippen molar-refractivity contribution >= 4 is 28.6 Å². The third kappa shape index (κ3) is 3.87. The van der Waals surface area contributed by atoms with E-state index in [1.807, 2.05) is 44.2 Å². The predicted octanol–water partition coefficient (Wildman–Crippen LogP) is 2.95. The largest absolute Gasteiger partial charge is 0.358 e. The molecule has 0 spiro atoms. The fourth-order valence-electron chi connectivity index (χ4n) is 3.66. The van der Waals surface area contributed by atoms with Gasteiger partial charge in [0.25, 0.3) is 11.8 Å². The highest BCUT2D eigenvalue weighted by Crippen LogP contribution is 2.37. The number of carbonyl (C=O) groups is 2. The quantitative estimate of drug-likeness (QED) is 0.647. The number of aromatic nitrogens is 1. The van der Waals surface area contributed by atoms with Crippen molar-refractivity contribution in [3.63, 3.8) is 0 Å². The van der Waals surface area contributed by atoms with E-state index in [0.29, 0.717) is 23.4 Å². The Labute approximate surface area is 166 Å². The minimum Gasteiger partial charge on any atom is -0.358 e. The van der Waals surface area contributed by atoms with Gasteiger partial charge in [-0.05, 0) is 44.6 Å². The molecule has 1 aliphatic heterocycles. The molecule has 1 aromatic carbocycles. The number of hydrogen-bond donors (Lipinski definition) is 3. The van der Waals surface area contributed by atoms with Gasteiger partial charge in [-0.15, -0.1) is 0 Å². The van der Waals surface area contributed by atoms with Gasteiger partial charge in [0.05, 0.1) is 16.8 Å². The van der Waals surface area contributed by atoms with Crippen LogP contribution < -0.4 is 10.6 Å². The summed E-state index contributed by atoms with van der Waals surface area (Å²) in [5.41, 5.74) is 4.89. The van der Waals surface area contributed by atoms with E-state index >= 15 is 0 Å². The average Bonchev–Trinajstić information content (AvgIpc) is 3.18. The first-order valence-electron chi connectivity index (χ1n) is 9.78. The van der Waals surface area contributed by atoms with E-state index in [1.165, 1.54) is 0 Å². The molecule has 0 bridgehead atoms. The van der Waals surface area contributed by atoms with Gasteiger partial charge >= 0.3 is 0 Å². The molecule has 2 aromatic rings. The lowest BCUT2D eigenvalue weighted by Gasteiger charge is -2.18. The summed E-state index contributed by atoms with van der Waals surface area (Å²) >= 11 is 0. The number of aryl methyl sites for hydroxylation is 2. The second kappa shape index (κ2) is 8.44. The smallest absolute Gasteiger partial charge is 0.257 e. The summed E-state index contributed by atoms with van der Waals surface area (Å²) in [4.78, 5) is 31.5. The van der Waals surface area contributed by atoms with Gasteiger partial charge in [-0.25, -0.2) is 0 Å². The molecule has 6 heteroatoms. The van der Waals surface area contributed by atoms with Crippen molar-refractivity contribution in [3.05, 3.63) is 52.8 Å². The molecule has 1 aromatic heterocycles. The molecule has 1 aliphatic rings. The zero-order valence-electron chi connectivity index (χ0n) is 17.0. The molecule has 2 heterocycles. The van der Waals surface area contributed by atoms with Crippen LogP contribution in [0.1, 0.15) is 36.4 Å². The van der Waals surface area contributed by atoms with E-state index in [-0.39, 0.29) is 11.8 Å². The monoisotopic (exact) mass is 380 g/mol. The number of H-pyrrole nitrogens is 1. The van der Waals surface area contributed by atoms with Gasteiger partial charge in [-0.3, -0.25) is 9.59 Å². The zero-order valence-corrected chi connectivity index (χ0v) is 17.0. The highest BCUT2D eigenvalue weighted by atomic mass is 16.2. The molecule has 0 saturated carbocycles. The molecule has 0 radical (unpaired) electrons. The maximum Gasteiger partial charge on any atom is 0.257 e. The van der Waals surface area contributed by atoms with E-state index in [9.17, 15) is 9.59 Å². The van der Waals surface area contributed by atoms with Crippen LogP contribution in [0.5, 0.6) is 0 Å². The predicted molar refractivity (Wildman–Crippen MR) is 113 cm³/mol. The van der Waals surface area contributed by atoms with Gasteiger partial charge in [0.1, 0.15) is 0 Å². The summed E-state index contributed by atoms with van der Waals surface area (Å²) < 4.78 is 0. The van der Waals surface area contributed by atoms with Crippen molar-refractivity contribution in [2.75, 3.05) is 31.5 Å². The van der Waals surface area contributed by atoms with Crippen LogP contribution >= 0.6 is 0 Å². The highest BCUT2D eigenvalue weighted by Gasteiger charge is 2.32. The Morgan fingerprint density at radius 2 is 1.86 bits per heavy atom. The molecular formula is C22H28N4O2. The number of para-hydroxylation sites is 1. The Morgan fingerprint density at radius 1 is 1.14 bits per heavy atom. The molecule has 6 nitrogen and oxygen atoms in total. The summed E-state index contributed by atoms with van der Waals surface area (Å²) in [5.74, 6) is -0.485. The molecule has 3 rings (SSSR count). The van der Waals surface area contributed by atoms with Crippen molar-refractivity contribution < 1.29 is 9.59 Å². The van der Waals surface area contributed by atoms with Crippen LogP contribution in [-0.2, 0) is 9.59 Å². The molecular weight excluding hydrogens is 352 g/mol. The lowest BCUT2D eigenvalue weighted by atomic mass is 9.96. The number of hydrogen-bond acceptors (Lipinski definition) is 3. The van der Waals surface area contributed by atoms with Gasteiger partial charge < -0.3 is 20.5 Å². The van der Waals surface area contributed by atoms with Crippen molar-refractivity contribution in [3.8, 4) is 0 Å². The van der Waals surface area contributed by atoms with E-state index < -0.39 is 0 Å². The van der Waals surface area contributed by atoms with Crippen LogP contribution in [0.2, 0.25) is 0 Å². The third-order valence-corrected chi connectivity index (χ3v) is 5.16. The maximum atomic E-state index is 13.2. The molecule has 0 fully saturated rings. The van der Waals surface area contributed by atoms with Crippen molar-refractivity contribution in [1.29, 1.82) is 0 Å². The zero-order chi connectivity index (χ0) is 20.3. The lowest BCUT2D eigenvalue weighted by Crippen LogP contribution is -2.35. The van der Waals surface area contributed by atoms with Crippen molar-refractivity contribution in [2.24, 2.45) is 0 Å². The summed E-state index contributed by atoms with van der Waals surface area (Å²) in [5, 5.41) is 5.88. The number of likely N-dealkylation sites (N-methyl/N-ethyl adjacent to an activating group) is 1. The summed E-state index contributed by atoms with van der Waals surface area (Å²) in [7, 11) is 0. The first-order chi connectivity index (χ1) is 13.5. The minimum atomic E-state index is -0.248. The standard InChI is InChI=1S/C22H28N4O2/c1-5-26(6-2)12-11-23-21(27)19(20-14(3)13-15(4)24-20)18-16-9-7-8-10-17(16)25-22(18)28/h7-10,13,24H,5-6,11-12H2,1-4H3,(H,23,27)(H,25,28). The van der Waals surface area contributed by atoms with Crippen LogP contribution in [0.4, 0.5) is 5.69 Å². The third-order valence-electron chi connectivity index (χ3n) is 5.16. The Kier molecular flexibility index (Phi) is 5.99. The van der Waals surface area contributed by atoms with Crippen LogP contribution in [0.15, 0.2) is 30.3 Å². The summed E-state index contributed by atoms with van der Waals surface area (Å²) in [6.45, 7) is 11.3. The number of rotatable bonds is 7. The first-order valence-corrected chi connectivity index (χ1v) is 9.78. The number of benzene rings is 1. The SMILES string of the molecule is CCN(CC)CCNC(=O)C(=C1C(=O)Nc2ccccc21)c1[nH]c(C)cc1C. The van der Waals surface area contributed by atoms with E-state index in [0.717, 1.165) is 42.1 Å². The number of carbonyl (C=O) groups excluding carboxylic acids is 2. The van der Waals surface area contributed by atoms with E-state index in [2.05, 4.69) is 34.4 Å². The molecule has 0 unspecified atom stereocenters. The second-order valence-electron chi connectivity index (χ2n) is 7.04. The fraction of sp³-hybridized carbons (Fsp3) is 0.364. The molecule has 148 valence electrons. The van der Waals surface area contributed by atoms with E-state index in [4.69, 9.17) is 0 Å². The maximum absolute atomic E-state index is 13.2. The molecule has 0 aliphatic carbocycles. The lowest BCUT2D eigenvalue weighted by molar-refractivity contribution is -0.116. The molecule has 0 saturated heterocycles. The van der Waals surface area contributed by atoms with Gasteiger partial charge in [0.2, 0.25) is 0 Å². The number of amides is 2. The molecule has 3 N–H and O–H groups in total. The number of nitrogens with one attached hydrogen (secondary N) is 3. The van der Waals surface area contributed by atoms with Gasteiger partial charge in [-0.1, -0.05) is 32.0 Å². The number of anilines is 1. The normalized spacial score (nSPS) is 14.8. The first kappa shape index (κ1) is 19.9.